The van der Waals surface area contributed by atoms with Crippen molar-refractivity contribution in [2.75, 3.05) is 39.6 Å². The van der Waals surface area contributed by atoms with Crippen molar-refractivity contribution in [1.29, 1.82) is 0 Å². The normalized spacial score (nSPS) is 14.2. The maximum Gasteiger partial charge on any atom is 0.472 e. The van der Waals surface area contributed by atoms with Crippen molar-refractivity contribution in [3.05, 3.63) is 0 Å². The number of ether oxygens (including phenoxy) is 4. The number of carbonyl (C=O) groups is 4. The van der Waals surface area contributed by atoms with E-state index in [-0.39, 0.29) is 25.7 Å². The molecular weight excluding hydrogens is 1450 g/mol. The molecular formula is C93H182O17P2. The number of aliphatic hydroxyl groups excluding tert-OH is 1. The minimum atomic E-state index is -4.97. The van der Waals surface area contributed by atoms with Crippen molar-refractivity contribution in [1.82, 2.24) is 0 Å². The van der Waals surface area contributed by atoms with E-state index in [9.17, 15) is 43.2 Å². The molecule has 0 rings (SSSR count). The lowest BCUT2D eigenvalue weighted by molar-refractivity contribution is -0.161. The van der Waals surface area contributed by atoms with Crippen LogP contribution in [0.25, 0.3) is 0 Å². The Balaban J connectivity index is 5.19. The number of hydrogen-bond donors (Lipinski definition) is 3. The van der Waals surface area contributed by atoms with Gasteiger partial charge in [-0.3, -0.25) is 37.3 Å². The predicted molar refractivity (Wildman–Crippen MR) is 465 cm³/mol. The molecule has 0 saturated heterocycles. The summed E-state index contributed by atoms with van der Waals surface area (Å²) < 4.78 is 69.1. The average molecular weight is 1630 g/mol. The smallest absolute Gasteiger partial charge is 0.462 e. The van der Waals surface area contributed by atoms with E-state index in [1.807, 2.05) is 0 Å². The maximum atomic E-state index is 13.2. The first-order valence-corrected chi connectivity index (χ1v) is 50.9. The third-order valence-corrected chi connectivity index (χ3v) is 24.5. The van der Waals surface area contributed by atoms with Crippen LogP contribution >= 0.6 is 15.6 Å². The van der Waals surface area contributed by atoms with Crippen LogP contribution in [-0.4, -0.2) is 96.7 Å². The van der Waals surface area contributed by atoms with Gasteiger partial charge in [-0.25, -0.2) is 9.13 Å². The Morgan fingerprint density at radius 1 is 0.259 bits per heavy atom. The highest BCUT2D eigenvalue weighted by Gasteiger charge is 2.31. The molecule has 7 atom stereocenters. The van der Waals surface area contributed by atoms with Crippen molar-refractivity contribution in [3.63, 3.8) is 0 Å². The molecule has 0 aliphatic heterocycles. The van der Waals surface area contributed by atoms with Gasteiger partial charge in [0.1, 0.15) is 19.3 Å². The second kappa shape index (κ2) is 82.7. The molecule has 17 nitrogen and oxygen atoms in total. The van der Waals surface area contributed by atoms with E-state index in [1.165, 1.54) is 308 Å². The molecule has 112 heavy (non-hydrogen) atoms. The van der Waals surface area contributed by atoms with Crippen LogP contribution < -0.4 is 0 Å². The number of aliphatic hydroxyl groups is 1. The van der Waals surface area contributed by atoms with E-state index in [1.54, 1.807) is 0 Å². The molecule has 0 spiro atoms. The molecule has 0 radical (unpaired) electrons. The van der Waals surface area contributed by atoms with E-state index in [0.717, 1.165) is 108 Å². The summed E-state index contributed by atoms with van der Waals surface area (Å²) in [6, 6.07) is 0. The van der Waals surface area contributed by atoms with E-state index in [4.69, 9.17) is 37.0 Å². The molecule has 0 aliphatic carbocycles. The Kier molecular flexibility index (Phi) is 81.3. The molecule has 0 aromatic rings. The molecule has 0 saturated carbocycles. The molecule has 0 aromatic heterocycles. The lowest BCUT2D eigenvalue weighted by Gasteiger charge is -2.21. The number of unbranched alkanes of at least 4 members (excludes halogenated alkanes) is 57. The van der Waals surface area contributed by atoms with Crippen LogP contribution in [0.3, 0.4) is 0 Å². The molecule has 0 fully saturated rings. The fourth-order valence-electron chi connectivity index (χ4n) is 14.5. The van der Waals surface area contributed by atoms with Gasteiger partial charge < -0.3 is 33.8 Å². The Labute approximate surface area is 689 Å². The van der Waals surface area contributed by atoms with Gasteiger partial charge in [0.2, 0.25) is 0 Å². The molecule has 0 bridgehead atoms. The Morgan fingerprint density at radius 3 is 0.679 bits per heavy atom. The highest BCUT2D eigenvalue weighted by molar-refractivity contribution is 7.47. The lowest BCUT2D eigenvalue weighted by Crippen LogP contribution is -2.30. The van der Waals surface area contributed by atoms with Gasteiger partial charge >= 0.3 is 39.5 Å². The second-order valence-electron chi connectivity index (χ2n) is 34.4. The van der Waals surface area contributed by atoms with Crippen molar-refractivity contribution >= 4 is 39.5 Å². The zero-order valence-electron chi connectivity index (χ0n) is 74.2. The number of esters is 4. The molecule has 19 heteroatoms. The summed E-state index contributed by atoms with van der Waals surface area (Å²) in [6.07, 6.45) is 76.5. The number of phosphoric acid groups is 2. The fraction of sp³-hybridized carbons (Fsp3) is 0.957. The zero-order valence-corrected chi connectivity index (χ0v) is 75.9. The Morgan fingerprint density at radius 2 is 0.455 bits per heavy atom. The van der Waals surface area contributed by atoms with Crippen LogP contribution in [0.2, 0.25) is 0 Å². The number of phosphoric ester groups is 2. The van der Waals surface area contributed by atoms with Gasteiger partial charge in [0.05, 0.1) is 26.4 Å². The number of carbonyl (C=O) groups excluding carboxylic acids is 4. The molecule has 0 aliphatic rings. The summed E-state index contributed by atoms with van der Waals surface area (Å²) in [5, 5.41) is 10.7. The van der Waals surface area contributed by atoms with E-state index in [0.29, 0.717) is 25.7 Å². The van der Waals surface area contributed by atoms with E-state index >= 15 is 0 Å². The van der Waals surface area contributed by atoms with Crippen LogP contribution in [0.1, 0.15) is 498 Å². The van der Waals surface area contributed by atoms with Crippen molar-refractivity contribution in [2.45, 2.75) is 516 Å². The summed E-state index contributed by atoms with van der Waals surface area (Å²) in [7, 11) is -9.94. The largest absolute Gasteiger partial charge is 0.472 e. The van der Waals surface area contributed by atoms with Crippen LogP contribution in [-0.2, 0) is 65.4 Å². The highest BCUT2D eigenvalue weighted by Crippen LogP contribution is 2.45. The fourth-order valence-corrected chi connectivity index (χ4v) is 16.1. The van der Waals surface area contributed by atoms with Crippen LogP contribution in [0, 0.1) is 17.8 Å². The standard InChI is InChI=1S/C93H182O17P2/c1-8-11-12-13-14-43-53-60-67-74-90(95)103-80-88(109-92(97)76-70-63-56-49-42-36-30-24-23-25-31-37-44-50-57-64-71-84(4)5)82-107-111(99,100)105-78-87(94)79-106-112(101,102)108-83-89(110-93(98)77-69-62-55-48-41-35-29-22-18-16-20-27-33-39-46-52-59-66-73-86(7)10-3)81-104-91(96)75-68-61-54-47-40-34-28-21-17-15-19-26-32-38-45-51-58-65-72-85(6)9-2/h84-89,94H,8-83H2,1-7H3,(H,99,100)(H,101,102)/t85?,86?,87-,88+,89+/m0/s1. The Bertz CT molecular complexity index is 2150. The molecule has 3 N–H and O–H groups in total. The van der Waals surface area contributed by atoms with Gasteiger partial charge in [-0.15, -0.1) is 0 Å². The SMILES string of the molecule is CCCCCCCCCCCC(=O)OC[C@H](COP(=O)(O)OC[C@H](O)COP(=O)(O)OC[C@@H](COC(=O)CCCCCCCCCCCCCCCCCCCCC(C)CC)OC(=O)CCCCCCCCCCCCCCCCCCCCC(C)CC)OC(=O)CCCCCCCCCCCCCCCCCCC(C)C. The zero-order chi connectivity index (χ0) is 82.2. The summed E-state index contributed by atoms with van der Waals surface area (Å²) >= 11 is 0. The van der Waals surface area contributed by atoms with Gasteiger partial charge in [-0.2, -0.15) is 0 Å². The van der Waals surface area contributed by atoms with Crippen molar-refractivity contribution in [3.8, 4) is 0 Å². The van der Waals surface area contributed by atoms with Gasteiger partial charge in [-0.1, -0.05) is 447 Å². The van der Waals surface area contributed by atoms with E-state index in [2.05, 4.69) is 48.5 Å². The molecule has 0 aromatic carbocycles. The average Bonchev–Trinajstić information content (AvgIpc) is 0.901. The lowest BCUT2D eigenvalue weighted by atomic mass is 9.99. The predicted octanol–water partition coefficient (Wildman–Crippen LogP) is 28.8. The summed E-state index contributed by atoms with van der Waals surface area (Å²) in [4.78, 5) is 73.4. The molecule has 0 heterocycles. The van der Waals surface area contributed by atoms with Crippen LogP contribution in [0.5, 0.6) is 0 Å². The third-order valence-electron chi connectivity index (χ3n) is 22.6. The molecule has 666 valence electrons. The summed E-state index contributed by atoms with van der Waals surface area (Å²) in [5.41, 5.74) is 0. The minimum absolute atomic E-state index is 0.108. The molecule has 4 unspecified atom stereocenters. The van der Waals surface area contributed by atoms with Crippen molar-refractivity contribution < 1.29 is 80.2 Å². The number of rotatable bonds is 91. The minimum Gasteiger partial charge on any atom is -0.462 e. The summed E-state index contributed by atoms with van der Waals surface area (Å²) in [5.74, 6) is 0.457. The topological polar surface area (TPSA) is 237 Å². The quantitative estimate of drug-likeness (QED) is 0.0222. The summed E-state index contributed by atoms with van der Waals surface area (Å²) in [6.45, 7) is 12.2. The first-order valence-electron chi connectivity index (χ1n) is 47.9. The van der Waals surface area contributed by atoms with Gasteiger partial charge in [-0.05, 0) is 43.4 Å². The van der Waals surface area contributed by atoms with Gasteiger partial charge in [0.25, 0.3) is 0 Å². The van der Waals surface area contributed by atoms with Gasteiger partial charge in [0, 0.05) is 25.7 Å². The first-order chi connectivity index (χ1) is 54.3. The second-order valence-corrected chi connectivity index (χ2v) is 37.3. The van der Waals surface area contributed by atoms with Gasteiger partial charge in [0.15, 0.2) is 12.2 Å². The maximum absolute atomic E-state index is 13.2. The monoisotopic (exact) mass is 1630 g/mol. The molecule has 0 amide bonds. The highest BCUT2D eigenvalue weighted by atomic mass is 31.2. The van der Waals surface area contributed by atoms with Crippen LogP contribution in [0.15, 0.2) is 0 Å². The number of hydrogen-bond acceptors (Lipinski definition) is 15. The Hall–Kier alpha value is -1.94. The van der Waals surface area contributed by atoms with Crippen LogP contribution in [0.4, 0.5) is 0 Å². The van der Waals surface area contributed by atoms with Crippen molar-refractivity contribution in [2.24, 2.45) is 17.8 Å². The third kappa shape index (κ3) is 83.1. The van der Waals surface area contributed by atoms with E-state index < -0.39 is 97.5 Å². The first kappa shape index (κ1) is 110.